The summed E-state index contributed by atoms with van der Waals surface area (Å²) in [4.78, 5) is 33.1. The lowest BCUT2D eigenvalue weighted by Gasteiger charge is -2.39. The lowest BCUT2D eigenvalue weighted by molar-refractivity contribution is 0.0727. The van der Waals surface area contributed by atoms with Gasteiger partial charge in [0.1, 0.15) is 0 Å². The Bertz CT molecular complexity index is 1240. The van der Waals surface area contributed by atoms with Crippen LogP contribution in [0.5, 0.6) is 0 Å². The van der Waals surface area contributed by atoms with E-state index in [4.69, 9.17) is 0 Å². The molecule has 3 aromatic rings. The summed E-state index contributed by atoms with van der Waals surface area (Å²) in [6.45, 7) is 5.92. The summed E-state index contributed by atoms with van der Waals surface area (Å²) in [6.07, 6.45) is 4.92. The molecule has 3 atom stereocenters. The fraction of sp³-hybridized carbons (Fsp3) is 0.429. The van der Waals surface area contributed by atoms with Crippen molar-refractivity contribution in [1.82, 2.24) is 14.7 Å². The lowest BCUT2D eigenvalue weighted by Crippen LogP contribution is -2.49. The van der Waals surface area contributed by atoms with Gasteiger partial charge in [-0.1, -0.05) is 73.7 Å². The minimum absolute atomic E-state index is 0.00500. The van der Waals surface area contributed by atoms with Gasteiger partial charge < -0.3 is 20.0 Å². The van der Waals surface area contributed by atoms with Crippen LogP contribution in [-0.4, -0.2) is 71.9 Å². The summed E-state index contributed by atoms with van der Waals surface area (Å²) in [7, 11) is 1.97. The number of amides is 3. The van der Waals surface area contributed by atoms with E-state index in [0.717, 1.165) is 69.5 Å². The van der Waals surface area contributed by atoms with Crippen LogP contribution in [0.4, 0.5) is 10.5 Å². The summed E-state index contributed by atoms with van der Waals surface area (Å²) in [5, 5.41) is 3.10. The Kier molecular flexibility index (Phi) is 9.73. The molecule has 1 N–H and O–H groups in total. The van der Waals surface area contributed by atoms with Crippen LogP contribution in [0.1, 0.15) is 60.9 Å². The highest BCUT2D eigenvalue weighted by atomic mass is 16.2. The Balaban J connectivity index is 1.22. The van der Waals surface area contributed by atoms with Gasteiger partial charge in [0.05, 0.1) is 0 Å². The summed E-state index contributed by atoms with van der Waals surface area (Å²) in [5.41, 5.74) is 2.97. The largest absolute Gasteiger partial charge is 0.339 e. The number of urea groups is 1. The van der Waals surface area contributed by atoms with Crippen molar-refractivity contribution < 1.29 is 9.59 Å². The highest BCUT2D eigenvalue weighted by Gasteiger charge is 2.40. The van der Waals surface area contributed by atoms with Gasteiger partial charge in [-0.3, -0.25) is 4.79 Å². The molecular weight excluding hydrogens is 508 g/mol. The number of piperidine rings is 1. The standard InChI is InChI=1S/C35H44N4O2/c1-3-21-39(35(41)36-30-17-11-6-12-18-30)31-19-22-38(23-20-31)26-29-24-32(25-33(29)27-13-7-4-8-14-27)37(2)34(40)28-15-9-5-10-16-28/h4-18,29,31-33H,3,19-26H2,1-2H3,(H,36,41). The van der Waals surface area contributed by atoms with Gasteiger partial charge in [0.25, 0.3) is 5.91 Å². The normalized spacial score (nSPS) is 21.4. The van der Waals surface area contributed by atoms with E-state index in [1.807, 2.05) is 77.5 Å². The van der Waals surface area contributed by atoms with Gasteiger partial charge >= 0.3 is 6.03 Å². The maximum atomic E-state index is 13.3. The fourth-order valence-electron chi connectivity index (χ4n) is 6.83. The number of rotatable bonds is 9. The predicted octanol–water partition coefficient (Wildman–Crippen LogP) is 6.73. The van der Waals surface area contributed by atoms with Gasteiger partial charge in [-0.05, 0) is 73.8 Å². The van der Waals surface area contributed by atoms with Gasteiger partial charge in [0, 0.05) is 56.6 Å². The molecule has 0 aromatic heterocycles. The highest BCUT2D eigenvalue weighted by Crippen LogP contribution is 2.42. The molecule has 5 rings (SSSR count). The Morgan fingerprint density at radius 1 is 0.829 bits per heavy atom. The molecule has 3 unspecified atom stereocenters. The molecule has 6 nitrogen and oxygen atoms in total. The summed E-state index contributed by atoms with van der Waals surface area (Å²) >= 11 is 0. The van der Waals surface area contributed by atoms with Gasteiger partial charge in [-0.25, -0.2) is 4.79 Å². The smallest absolute Gasteiger partial charge is 0.322 e. The molecule has 1 saturated carbocycles. The molecule has 41 heavy (non-hydrogen) atoms. The maximum Gasteiger partial charge on any atom is 0.322 e. The second kappa shape index (κ2) is 13.8. The molecule has 6 heteroatoms. The quantitative estimate of drug-likeness (QED) is 0.320. The van der Waals surface area contributed by atoms with Crippen molar-refractivity contribution in [3.05, 3.63) is 102 Å². The average molecular weight is 553 g/mol. The number of benzene rings is 3. The number of carbonyl (C=O) groups excluding carboxylic acids is 2. The number of anilines is 1. The number of nitrogens with zero attached hydrogens (tertiary/aromatic N) is 3. The number of likely N-dealkylation sites (tertiary alicyclic amines) is 1. The third kappa shape index (κ3) is 7.17. The Morgan fingerprint density at radius 3 is 2.07 bits per heavy atom. The second-order valence-corrected chi connectivity index (χ2v) is 11.7. The first-order valence-corrected chi connectivity index (χ1v) is 15.3. The Morgan fingerprint density at radius 2 is 1.44 bits per heavy atom. The first kappa shape index (κ1) is 28.9. The van der Waals surface area contributed by atoms with Crippen LogP contribution in [0.3, 0.4) is 0 Å². The number of carbonyl (C=O) groups is 2. The lowest BCUT2D eigenvalue weighted by atomic mass is 9.88. The zero-order chi connectivity index (χ0) is 28.6. The predicted molar refractivity (Wildman–Crippen MR) is 166 cm³/mol. The van der Waals surface area contributed by atoms with Gasteiger partial charge in [0.15, 0.2) is 0 Å². The van der Waals surface area contributed by atoms with Crippen LogP contribution in [0.25, 0.3) is 0 Å². The fourth-order valence-corrected chi connectivity index (χ4v) is 6.83. The molecule has 3 amide bonds. The topological polar surface area (TPSA) is 55.9 Å². The van der Waals surface area contributed by atoms with Crippen molar-refractivity contribution in [1.29, 1.82) is 0 Å². The van der Waals surface area contributed by atoms with Crippen molar-refractivity contribution in [3.8, 4) is 0 Å². The minimum atomic E-state index is 0.00500. The molecule has 1 saturated heterocycles. The van der Waals surface area contributed by atoms with E-state index in [1.165, 1.54) is 5.56 Å². The molecule has 2 fully saturated rings. The molecule has 1 heterocycles. The van der Waals surface area contributed by atoms with Crippen LogP contribution in [0.15, 0.2) is 91.0 Å². The van der Waals surface area contributed by atoms with Crippen LogP contribution >= 0.6 is 0 Å². The van der Waals surface area contributed by atoms with E-state index in [0.29, 0.717) is 11.8 Å². The van der Waals surface area contributed by atoms with Crippen LogP contribution in [-0.2, 0) is 0 Å². The summed E-state index contributed by atoms with van der Waals surface area (Å²) in [5.74, 6) is 1.02. The number of hydrogen-bond donors (Lipinski definition) is 1. The molecule has 0 spiro atoms. The number of nitrogens with one attached hydrogen (secondary N) is 1. The van der Waals surface area contributed by atoms with Crippen molar-refractivity contribution in [2.24, 2.45) is 5.92 Å². The second-order valence-electron chi connectivity index (χ2n) is 11.7. The molecule has 0 radical (unpaired) electrons. The van der Waals surface area contributed by atoms with E-state index >= 15 is 0 Å². The van der Waals surface area contributed by atoms with Gasteiger partial charge in [-0.15, -0.1) is 0 Å². The van der Waals surface area contributed by atoms with E-state index in [9.17, 15) is 9.59 Å². The summed E-state index contributed by atoms with van der Waals surface area (Å²) < 4.78 is 0. The van der Waals surface area contributed by atoms with E-state index < -0.39 is 0 Å². The van der Waals surface area contributed by atoms with Crippen LogP contribution in [0, 0.1) is 5.92 Å². The molecule has 1 aliphatic heterocycles. The average Bonchev–Trinajstić information content (AvgIpc) is 3.44. The molecular formula is C35H44N4O2. The first-order chi connectivity index (χ1) is 20.0. The number of hydrogen-bond acceptors (Lipinski definition) is 3. The van der Waals surface area contributed by atoms with Crippen LogP contribution in [0.2, 0.25) is 0 Å². The summed E-state index contributed by atoms with van der Waals surface area (Å²) in [6, 6.07) is 30.7. The molecule has 2 aliphatic rings. The van der Waals surface area contributed by atoms with Crippen molar-refractivity contribution in [3.63, 3.8) is 0 Å². The molecule has 3 aromatic carbocycles. The monoisotopic (exact) mass is 552 g/mol. The maximum absolute atomic E-state index is 13.3. The number of para-hydroxylation sites is 1. The Hall–Kier alpha value is -3.64. The van der Waals surface area contributed by atoms with Gasteiger partial charge in [-0.2, -0.15) is 0 Å². The van der Waals surface area contributed by atoms with Crippen molar-refractivity contribution in [2.75, 3.05) is 38.5 Å². The van der Waals surface area contributed by atoms with Gasteiger partial charge in [0.2, 0.25) is 0 Å². The third-order valence-corrected chi connectivity index (χ3v) is 9.03. The molecule has 1 aliphatic carbocycles. The minimum Gasteiger partial charge on any atom is -0.339 e. The zero-order valence-electron chi connectivity index (χ0n) is 24.5. The first-order valence-electron chi connectivity index (χ1n) is 15.3. The molecule has 0 bridgehead atoms. The van der Waals surface area contributed by atoms with E-state index in [-0.39, 0.29) is 24.0 Å². The van der Waals surface area contributed by atoms with E-state index in [1.54, 1.807) is 0 Å². The third-order valence-electron chi connectivity index (χ3n) is 9.03. The zero-order valence-corrected chi connectivity index (χ0v) is 24.5. The van der Waals surface area contributed by atoms with E-state index in [2.05, 4.69) is 47.5 Å². The Labute approximate surface area is 245 Å². The van der Waals surface area contributed by atoms with Crippen LogP contribution < -0.4 is 5.32 Å². The highest BCUT2D eigenvalue weighted by molar-refractivity contribution is 5.94. The van der Waals surface area contributed by atoms with Crippen molar-refractivity contribution >= 4 is 17.6 Å². The van der Waals surface area contributed by atoms with Crippen molar-refractivity contribution in [2.45, 2.75) is 57.0 Å². The SMILES string of the molecule is CCCN(C(=O)Nc1ccccc1)C1CCN(CC2CC(N(C)C(=O)c3ccccc3)CC2c2ccccc2)CC1. The molecule has 216 valence electrons.